The molecule has 0 heterocycles. The number of benzene rings is 11. The van der Waals surface area contributed by atoms with E-state index >= 15 is 0 Å². The van der Waals surface area contributed by atoms with E-state index in [9.17, 15) is 0 Å². The Morgan fingerprint density at radius 2 is 0.521 bits per heavy atom. The summed E-state index contributed by atoms with van der Waals surface area (Å²) < 4.78 is 0. The van der Waals surface area contributed by atoms with Crippen LogP contribution in [0.5, 0.6) is 0 Å². The number of anilines is 3. The zero-order chi connectivity index (χ0) is 49.3. The standard InChI is InChI=1S/C72H55N/c1-71(2)66-44-55(52-30-28-50(29-31-52)48-18-8-5-9-19-48)36-40-62(66)64-42-38-57(46-68(64)71)73(70-27-17-16-26-61(70)54-34-32-51(33-35-54)49-20-10-6-11-21-49)58-39-43-65-63-41-37-56(45-67(63)72(3,4)69(65)47-58)60-25-15-14-24-59(60)53-22-12-7-13-23-53/h5-47H,1-4H3. The fraction of sp³-hybridized carbons (Fsp3) is 0.0833. The van der Waals surface area contributed by atoms with Crippen molar-refractivity contribution in [1.29, 1.82) is 0 Å². The van der Waals surface area contributed by atoms with Crippen LogP contribution < -0.4 is 4.90 Å². The van der Waals surface area contributed by atoms with E-state index in [1.54, 1.807) is 0 Å². The van der Waals surface area contributed by atoms with Crippen LogP contribution in [0.2, 0.25) is 0 Å². The summed E-state index contributed by atoms with van der Waals surface area (Å²) in [6, 6.07) is 96.5. The minimum absolute atomic E-state index is 0.239. The van der Waals surface area contributed by atoms with Gasteiger partial charge in [-0.1, -0.05) is 246 Å². The number of fused-ring (bicyclic) bond motifs is 6. The predicted octanol–water partition coefficient (Wildman–Crippen LogP) is 19.8. The molecule has 1 heteroatoms. The van der Waals surface area contributed by atoms with Crippen molar-refractivity contribution < 1.29 is 0 Å². The van der Waals surface area contributed by atoms with Gasteiger partial charge in [0.2, 0.25) is 0 Å². The molecule has 0 radical (unpaired) electrons. The normalized spacial score (nSPS) is 13.4. The van der Waals surface area contributed by atoms with Gasteiger partial charge >= 0.3 is 0 Å². The van der Waals surface area contributed by atoms with Crippen LogP contribution in [0.1, 0.15) is 49.9 Å². The molecular weight excluding hydrogens is 879 g/mol. The molecule has 11 aromatic carbocycles. The van der Waals surface area contributed by atoms with Crippen LogP contribution in [0.25, 0.3) is 89.0 Å². The first-order valence-electron chi connectivity index (χ1n) is 25.7. The molecule has 11 aromatic rings. The van der Waals surface area contributed by atoms with Crippen LogP contribution in [-0.4, -0.2) is 0 Å². The fourth-order valence-corrected chi connectivity index (χ4v) is 12.0. The molecule has 0 saturated carbocycles. The monoisotopic (exact) mass is 933 g/mol. The van der Waals surface area contributed by atoms with Crippen LogP contribution in [0, 0.1) is 0 Å². The Balaban J connectivity index is 0.915. The largest absolute Gasteiger partial charge is 0.310 e. The molecule has 0 atom stereocenters. The molecule has 2 aliphatic carbocycles. The average Bonchev–Trinajstić information content (AvgIpc) is 3.82. The molecule has 0 N–H and O–H groups in total. The lowest BCUT2D eigenvalue weighted by atomic mass is 9.81. The van der Waals surface area contributed by atoms with Gasteiger partial charge in [-0.3, -0.25) is 0 Å². The minimum Gasteiger partial charge on any atom is -0.310 e. The summed E-state index contributed by atoms with van der Waals surface area (Å²) in [4.78, 5) is 2.51. The highest BCUT2D eigenvalue weighted by molar-refractivity contribution is 5.94. The second kappa shape index (κ2) is 17.5. The quantitative estimate of drug-likeness (QED) is 0.139. The van der Waals surface area contributed by atoms with Gasteiger partial charge in [0.1, 0.15) is 0 Å². The van der Waals surface area contributed by atoms with E-state index < -0.39 is 0 Å². The van der Waals surface area contributed by atoms with Crippen LogP contribution in [0.3, 0.4) is 0 Å². The van der Waals surface area contributed by atoms with Gasteiger partial charge in [0, 0.05) is 27.8 Å². The van der Waals surface area contributed by atoms with Gasteiger partial charge in [-0.15, -0.1) is 0 Å². The van der Waals surface area contributed by atoms with Crippen LogP contribution >= 0.6 is 0 Å². The molecule has 0 unspecified atom stereocenters. The minimum atomic E-state index is -0.252. The Morgan fingerprint density at radius 1 is 0.219 bits per heavy atom. The lowest BCUT2D eigenvalue weighted by Gasteiger charge is -2.31. The van der Waals surface area contributed by atoms with Gasteiger partial charge in [-0.25, -0.2) is 0 Å². The second-order valence-corrected chi connectivity index (χ2v) is 20.9. The summed E-state index contributed by atoms with van der Waals surface area (Å²) in [5, 5.41) is 0. The molecule has 0 amide bonds. The lowest BCUT2D eigenvalue weighted by molar-refractivity contribution is 0.660. The number of para-hydroxylation sites is 1. The summed E-state index contributed by atoms with van der Waals surface area (Å²) in [6.45, 7) is 9.61. The first-order chi connectivity index (χ1) is 35.7. The van der Waals surface area contributed by atoms with Crippen molar-refractivity contribution >= 4 is 17.1 Å². The molecule has 73 heavy (non-hydrogen) atoms. The molecule has 0 aromatic heterocycles. The Morgan fingerprint density at radius 3 is 1.01 bits per heavy atom. The van der Waals surface area contributed by atoms with Gasteiger partial charge in [0.05, 0.1) is 5.69 Å². The van der Waals surface area contributed by atoms with E-state index in [0.29, 0.717) is 0 Å². The van der Waals surface area contributed by atoms with Crippen molar-refractivity contribution in [3.63, 3.8) is 0 Å². The van der Waals surface area contributed by atoms with Crippen molar-refractivity contribution in [2.75, 3.05) is 4.90 Å². The third-order valence-electron chi connectivity index (χ3n) is 15.9. The predicted molar refractivity (Wildman–Crippen MR) is 309 cm³/mol. The first kappa shape index (κ1) is 44.2. The van der Waals surface area contributed by atoms with Crippen molar-refractivity contribution in [3.8, 4) is 89.0 Å². The Bertz CT molecular complexity index is 3860. The highest BCUT2D eigenvalue weighted by Gasteiger charge is 2.39. The molecule has 0 fully saturated rings. The van der Waals surface area contributed by atoms with Crippen molar-refractivity contribution in [3.05, 3.63) is 283 Å². The molecule has 13 rings (SSSR count). The van der Waals surface area contributed by atoms with E-state index in [1.807, 2.05) is 0 Å². The average molecular weight is 934 g/mol. The summed E-state index contributed by atoms with van der Waals surface area (Å²) in [7, 11) is 0. The van der Waals surface area contributed by atoms with E-state index in [0.717, 1.165) is 17.1 Å². The van der Waals surface area contributed by atoms with E-state index in [1.165, 1.54) is 111 Å². The molecule has 0 aliphatic heterocycles. The number of hydrogen-bond donors (Lipinski definition) is 0. The second-order valence-electron chi connectivity index (χ2n) is 20.9. The summed E-state index contributed by atoms with van der Waals surface area (Å²) >= 11 is 0. The number of hydrogen-bond acceptors (Lipinski definition) is 1. The van der Waals surface area contributed by atoms with Gasteiger partial charge in [0.25, 0.3) is 0 Å². The molecule has 0 bridgehead atoms. The third kappa shape index (κ3) is 7.54. The first-order valence-corrected chi connectivity index (χ1v) is 25.7. The van der Waals surface area contributed by atoms with Gasteiger partial charge < -0.3 is 4.90 Å². The molecule has 348 valence electrons. The molecule has 0 saturated heterocycles. The summed E-state index contributed by atoms with van der Waals surface area (Å²) in [6.07, 6.45) is 0. The zero-order valence-corrected chi connectivity index (χ0v) is 41.8. The Labute approximate surface area is 430 Å². The number of nitrogens with zero attached hydrogens (tertiary/aromatic N) is 1. The topological polar surface area (TPSA) is 3.24 Å². The van der Waals surface area contributed by atoms with Crippen molar-refractivity contribution in [2.24, 2.45) is 0 Å². The Hall–Kier alpha value is -8.78. The fourth-order valence-electron chi connectivity index (χ4n) is 12.0. The van der Waals surface area contributed by atoms with Crippen molar-refractivity contribution in [1.82, 2.24) is 0 Å². The van der Waals surface area contributed by atoms with Gasteiger partial charge in [-0.05, 0) is 148 Å². The summed E-state index contributed by atoms with van der Waals surface area (Å²) in [5.41, 5.74) is 28.2. The third-order valence-corrected chi connectivity index (χ3v) is 15.9. The number of rotatable bonds is 9. The van der Waals surface area contributed by atoms with Crippen molar-refractivity contribution in [2.45, 2.75) is 38.5 Å². The van der Waals surface area contributed by atoms with Gasteiger partial charge in [0.15, 0.2) is 0 Å². The molecule has 0 spiro atoms. The van der Waals surface area contributed by atoms with E-state index in [2.05, 4.69) is 293 Å². The highest BCUT2D eigenvalue weighted by atomic mass is 15.1. The zero-order valence-electron chi connectivity index (χ0n) is 41.8. The molecule has 1 nitrogen and oxygen atoms in total. The lowest BCUT2D eigenvalue weighted by Crippen LogP contribution is -2.18. The summed E-state index contributed by atoms with van der Waals surface area (Å²) in [5.74, 6) is 0. The highest BCUT2D eigenvalue weighted by Crippen LogP contribution is 2.55. The van der Waals surface area contributed by atoms with Gasteiger partial charge in [-0.2, -0.15) is 0 Å². The maximum atomic E-state index is 2.51. The van der Waals surface area contributed by atoms with Crippen LogP contribution in [0.15, 0.2) is 261 Å². The maximum absolute atomic E-state index is 2.51. The Kier molecular flexibility index (Phi) is 10.6. The smallest absolute Gasteiger partial charge is 0.0540 e. The van der Waals surface area contributed by atoms with Crippen LogP contribution in [-0.2, 0) is 10.8 Å². The van der Waals surface area contributed by atoms with Crippen LogP contribution in [0.4, 0.5) is 17.1 Å². The SMILES string of the molecule is CC1(C)c2cc(-c3ccc(-c4ccccc4)cc3)ccc2-c2ccc(N(c3ccc4c(c3)C(C)(C)c3cc(-c5ccccc5-c5ccccc5)ccc3-4)c3ccccc3-c3ccc(-c4ccccc4)cc3)cc21. The molecule has 2 aliphatic rings. The van der Waals surface area contributed by atoms with E-state index in [-0.39, 0.29) is 10.8 Å². The molecular formula is C72H55N. The van der Waals surface area contributed by atoms with E-state index in [4.69, 9.17) is 0 Å². The maximum Gasteiger partial charge on any atom is 0.0540 e.